The van der Waals surface area contributed by atoms with Gasteiger partial charge in [-0.05, 0) is 137 Å². The third kappa shape index (κ3) is 5.29. The van der Waals surface area contributed by atoms with Crippen molar-refractivity contribution in [2.75, 3.05) is 4.90 Å². The van der Waals surface area contributed by atoms with Gasteiger partial charge in [0.05, 0.1) is 11.1 Å². The summed E-state index contributed by atoms with van der Waals surface area (Å²) in [6.07, 6.45) is 0. The van der Waals surface area contributed by atoms with E-state index in [1.807, 2.05) is 0 Å². The Labute approximate surface area is 388 Å². The first kappa shape index (κ1) is 38.7. The van der Waals surface area contributed by atoms with Crippen molar-refractivity contribution in [1.82, 2.24) is 0 Å². The molecule has 0 atom stereocenters. The topological polar surface area (TPSA) is 3.24 Å². The van der Waals surface area contributed by atoms with Crippen LogP contribution in [0, 0.1) is 0 Å². The summed E-state index contributed by atoms with van der Waals surface area (Å²) in [6.45, 7) is 9.68. The molecule has 0 heterocycles. The molecule has 314 valence electrons. The molecule has 0 radical (unpaired) electrons. The van der Waals surface area contributed by atoms with Crippen LogP contribution in [0.25, 0.3) is 55.3 Å². The van der Waals surface area contributed by atoms with Crippen molar-refractivity contribution in [2.24, 2.45) is 0 Å². The fourth-order valence-electron chi connectivity index (χ4n) is 12.5. The van der Waals surface area contributed by atoms with Gasteiger partial charge in [0.2, 0.25) is 0 Å². The minimum Gasteiger partial charge on any atom is -0.310 e. The summed E-state index contributed by atoms with van der Waals surface area (Å²) in [5.74, 6) is 0. The van der Waals surface area contributed by atoms with Gasteiger partial charge in [-0.2, -0.15) is 0 Å². The number of anilines is 3. The second-order valence-corrected chi connectivity index (χ2v) is 19.6. The van der Waals surface area contributed by atoms with Gasteiger partial charge in [-0.15, -0.1) is 0 Å². The van der Waals surface area contributed by atoms with Crippen LogP contribution in [0.5, 0.6) is 0 Å². The van der Waals surface area contributed by atoms with Crippen LogP contribution in [0.15, 0.2) is 224 Å². The van der Waals surface area contributed by atoms with Crippen molar-refractivity contribution in [1.29, 1.82) is 0 Å². The van der Waals surface area contributed by atoms with Crippen LogP contribution < -0.4 is 4.90 Å². The Hall–Kier alpha value is -7.74. The van der Waals surface area contributed by atoms with Crippen molar-refractivity contribution in [3.63, 3.8) is 0 Å². The number of fused-ring (bicyclic) bond motifs is 11. The van der Waals surface area contributed by atoms with Gasteiger partial charge in [0.15, 0.2) is 0 Å². The zero-order valence-electron chi connectivity index (χ0n) is 37.8. The van der Waals surface area contributed by atoms with E-state index in [0.29, 0.717) is 0 Å². The van der Waals surface area contributed by atoms with E-state index < -0.39 is 5.41 Å². The molecule has 0 fully saturated rings. The standard InChI is InChI=1S/C65H49N/c1-63(2)58-37-36-53-52-28-14-17-29-55(52)64(3,4)62(53)61(58)54-35-33-48(41-59(54)63)66(47-24-12-7-13-25-47)60-40-46(39-44-38-43(32-34-49(44)60)42-20-8-5-9-21-42)65(45-22-10-6-11-23-45)56-30-18-15-26-50(56)51-27-16-19-31-57(51)65/h5-41H,1-4H3. The number of hydrogen-bond acceptors (Lipinski definition) is 1. The molecule has 0 saturated carbocycles. The molecule has 3 aliphatic carbocycles. The monoisotopic (exact) mass is 843 g/mol. The van der Waals surface area contributed by atoms with Gasteiger partial charge in [0, 0.05) is 27.6 Å². The highest BCUT2D eigenvalue weighted by atomic mass is 15.1. The molecule has 0 bridgehead atoms. The Kier molecular flexibility index (Phi) is 8.28. The molecule has 0 spiro atoms. The molecular weight excluding hydrogens is 795 g/mol. The SMILES string of the molecule is CC1(C)c2cc(N(c3ccccc3)c3cc(C4(c5ccccc5)c5ccccc5-c5ccccc54)cc4cc(-c5ccccc5)ccc34)ccc2-c2c1ccc1c2C(C)(C)c2ccccc2-1. The maximum absolute atomic E-state index is 2.53. The van der Waals surface area contributed by atoms with E-state index in [1.54, 1.807) is 0 Å². The lowest BCUT2D eigenvalue weighted by molar-refractivity contribution is 0.647. The zero-order chi connectivity index (χ0) is 44.4. The van der Waals surface area contributed by atoms with Gasteiger partial charge in [0.1, 0.15) is 0 Å². The maximum atomic E-state index is 2.53. The van der Waals surface area contributed by atoms with E-state index in [9.17, 15) is 0 Å². The molecule has 10 aromatic carbocycles. The lowest BCUT2D eigenvalue weighted by Gasteiger charge is -2.36. The van der Waals surface area contributed by atoms with E-state index >= 15 is 0 Å². The third-order valence-corrected chi connectivity index (χ3v) is 15.5. The Balaban J connectivity index is 1.10. The predicted molar refractivity (Wildman–Crippen MR) is 276 cm³/mol. The number of rotatable bonds is 6. The van der Waals surface area contributed by atoms with Crippen LogP contribution in [0.3, 0.4) is 0 Å². The molecule has 0 amide bonds. The molecule has 0 saturated heterocycles. The fraction of sp³-hybridized carbons (Fsp3) is 0.108. The van der Waals surface area contributed by atoms with Crippen LogP contribution in [0.1, 0.15) is 72.2 Å². The van der Waals surface area contributed by atoms with Crippen LogP contribution in [0.2, 0.25) is 0 Å². The van der Waals surface area contributed by atoms with Gasteiger partial charge in [-0.1, -0.05) is 210 Å². The summed E-state index contributed by atoms with van der Waals surface area (Å²) in [5.41, 5.74) is 23.7. The molecule has 1 nitrogen and oxygen atoms in total. The van der Waals surface area contributed by atoms with Crippen LogP contribution in [-0.2, 0) is 16.2 Å². The first-order valence-electron chi connectivity index (χ1n) is 23.4. The van der Waals surface area contributed by atoms with E-state index in [2.05, 4.69) is 257 Å². The average molecular weight is 844 g/mol. The number of hydrogen-bond donors (Lipinski definition) is 0. The Bertz CT molecular complexity index is 3530. The van der Waals surface area contributed by atoms with Gasteiger partial charge < -0.3 is 4.90 Å². The van der Waals surface area contributed by atoms with Crippen molar-refractivity contribution in [3.05, 3.63) is 269 Å². The summed E-state index contributed by atoms with van der Waals surface area (Å²) >= 11 is 0. The normalized spacial score (nSPS) is 15.0. The minimum absolute atomic E-state index is 0.117. The highest BCUT2D eigenvalue weighted by molar-refractivity contribution is 6.03. The van der Waals surface area contributed by atoms with E-state index in [0.717, 1.165) is 17.1 Å². The molecule has 66 heavy (non-hydrogen) atoms. The van der Waals surface area contributed by atoms with Gasteiger partial charge >= 0.3 is 0 Å². The summed E-state index contributed by atoms with van der Waals surface area (Å²) in [7, 11) is 0. The van der Waals surface area contributed by atoms with Crippen molar-refractivity contribution < 1.29 is 0 Å². The smallest absolute Gasteiger partial charge is 0.0714 e. The fourth-order valence-corrected chi connectivity index (χ4v) is 12.5. The quantitative estimate of drug-likeness (QED) is 0.161. The largest absolute Gasteiger partial charge is 0.310 e. The summed E-state index contributed by atoms with van der Waals surface area (Å²) in [4.78, 5) is 2.53. The second-order valence-electron chi connectivity index (χ2n) is 19.6. The number of benzene rings is 10. The summed E-state index contributed by atoms with van der Waals surface area (Å²) < 4.78 is 0. The Morgan fingerprint density at radius 3 is 1.59 bits per heavy atom. The molecule has 0 N–H and O–H groups in total. The number of para-hydroxylation sites is 1. The van der Waals surface area contributed by atoms with E-state index in [1.165, 1.54) is 99.8 Å². The van der Waals surface area contributed by atoms with Crippen LogP contribution in [-0.4, -0.2) is 0 Å². The molecule has 0 aromatic heterocycles. The number of nitrogens with zero attached hydrogens (tertiary/aromatic N) is 1. The first-order chi connectivity index (χ1) is 32.3. The zero-order valence-corrected chi connectivity index (χ0v) is 37.8. The maximum Gasteiger partial charge on any atom is 0.0714 e. The van der Waals surface area contributed by atoms with Gasteiger partial charge in [-0.25, -0.2) is 0 Å². The van der Waals surface area contributed by atoms with Crippen LogP contribution >= 0.6 is 0 Å². The van der Waals surface area contributed by atoms with E-state index in [-0.39, 0.29) is 10.8 Å². The lowest BCUT2D eigenvalue weighted by atomic mass is 9.67. The highest BCUT2D eigenvalue weighted by Crippen LogP contribution is 2.61. The Morgan fingerprint density at radius 1 is 0.333 bits per heavy atom. The molecule has 0 unspecified atom stereocenters. The van der Waals surface area contributed by atoms with Crippen molar-refractivity contribution in [3.8, 4) is 44.5 Å². The molecule has 13 rings (SSSR count). The third-order valence-electron chi connectivity index (χ3n) is 15.5. The molecule has 1 heteroatoms. The summed E-state index contributed by atoms with van der Waals surface area (Å²) in [6, 6.07) is 84.4. The molecule has 3 aliphatic rings. The lowest BCUT2D eigenvalue weighted by Crippen LogP contribution is -2.29. The second kappa shape index (κ2) is 14.1. The molecular formula is C65H49N. The van der Waals surface area contributed by atoms with Crippen molar-refractivity contribution in [2.45, 2.75) is 43.9 Å². The molecule has 10 aromatic rings. The van der Waals surface area contributed by atoms with Gasteiger partial charge in [-0.3, -0.25) is 0 Å². The molecule has 0 aliphatic heterocycles. The predicted octanol–water partition coefficient (Wildman–Crippen LogP) is 17.0. The van der Waals surface area contributed by atoms with E-state index in [4.69, 9.17) is 0 Å². The highest BCUT2D eigenvalue weighted by Gasteiger charge is 2.47. The Morgan fingerprint density at radius 2 is 0.909 bits per heavy atom. The van der Waals surface area contributed by atoms with Crippen molar-refractivity contribution >= 4 is 27.8 Å². The average Bonchev–Trinajstić information content (AvgIpc) is 3.89. The summed E-state index contributed by atoms with van der Waals surface area (Å²) in [5, 5.41) is 2.40. The first-order valence-corrected chi connectivity index (χ1v) is 23.4. The van der Waals surface area contributed by atoms with Crippen LogP contribution in [0.4, 0.5) is 17.1 Å². The van der Waals surface area contributed by atoms with Gasteiger partial charge in [0.25, 0.3) is 0 Å². The minimum atomic E-state index is -0.575.